The zero-order valence-electron chi connectivity index (χ0n) is 8.88. The third-order valence-corrected chi connectivity index (χ3v) is 3.08. The molecule has 0 aliphatic heterocycles. The summed E-state index contributed by atoms with van der Waals surface area (Å²) >= 11 is 1.72. The predicted octanol–water partition coefficient (Wildman–Crippen LogP) is 4.79. The molecule has 0 heterocycles. The third kappa shape index (κ3) is 2.31. The van der Waals surface area contributed by atoms with Gasteiger partial charge in [0, 0.05) is 9.13 Å². The number of hydrogen-bond acceptors (Lipinski definition) is 0. The fourth-order valence-corrected chi connectivity index (χ4v) is 2.02. The van der Waals surface area contributed by atoms with Gasteiger partial charge >= 0.3 is 0 Å². The van der Waals surface area contributed by atoms with Gasteiger partial charge in [-0.3, -0.25) is 0 Å². The van der Waals surface area contributed by atoms with E-state index in [0.717, 1.165) is 12.1 Å². The average molecular weight is 388 g/mol. The van der Waals surface area contributed by atoms with Crippen molar-refractivity contribution in [3.8, 4) is 11.1 Å². The lowest BCUT2D eigenvalue weighted by Crippen LogP contribution is -2.05. The zero-order valence-corrected chi connectivity index (χ0v) is 11.0. The van der Waals surface area contributed by atoms with Crippen molar-refractivity contribution in [2.45, 2.75) is 0 Å². The SMILES string of the molecule is Fc1ccc(I)cc1-c1c(F)c(F)c(F)c(F)c1F. The third-order valence-electron chi connectivity index (χ3n) is 2.41. The molecule has 0 amide bonds. The first-order valence-electron chi connectivity index (χ1n) is 4.81. The minimum Gasteiger partial charge on any atom is -0.206 e. The molecule has 2 aromatic carbocycles. The summed E-state index contributed by atoms with van der Waals surface area (Å²) in [6.07, 6.45) is 0. The Balaban J connectivity index is 2.87. The molecule has 2 aromatic rings. The van der Waals surface area contributed by atoms with E-state index in [0.29, 0.717) is 3.57 Å². The molecule has 7 heteroatoms. The van der Waals surface area contributed by atoms with Crippen LogP contribution in [0.4, 0.5) is 26.3 Å². The van der Waals surface area contributed by atoms with Gasteiger partial charge in [-0.1, -0.05) is 0 Å². The van der Waals surface area contributed by atoms with Crippen LogP contribution in [0, 0.1) is 38.5 Å². The van der Waals surface area contributed by atoms with Crippen molar-refractivity contribution in [1.29, 1.82) is 0 Å². The number of halogens is 7. The minimum absolute atomic E-state index is 0.387. The fourth-order valence-electron chi connectivity index (χ4n) is 1.53. The van der Waals surface area contributed by atoms with Crippen molar-refractivity contribution in [2.75, 3.05) is 0 Å². The fraction of sp³-hybridized carbons (Fsp3) is 0. The first-order chi connectivity index (χ1) is 8.84. The normalized spacial score (nSPS) is 10.9. The van der Waals surface area contributed by atoms with E-state index in [1.165, 1.54) is 6.07 Å². The van der Waals surface area contributed by atoms with E-state index >= 15 is 0 Å². The summed E-state index contributed by atoms with van der Waals surface area (Å²) in [5, 5.41) is 0. The summed E-state index contributed by atoms with van der Waals surface area (Å²) in [5.41, 5.74) is -1.95. The smallest absolute Gasteiger partial charge is 0.200 e. The van der Waals surface area contributed by atoms with Crippen LogP contribution in [0.1, 0.15) is 0 Å². The van der Waals surface area contributed by atoms with Gasteiger partial charge in [-0.25, -0.2) is 26.3 Å². The van der Waals surface area contributed by atoms with Crippen LogP contribution in [-0.2, 0) is 0 Å². The van der Waals surface area contributed by atoms with Gasteiger partial charge in [-0.15, -0.1) is 0 Å². The summed E-state index contributed by atoms with van der Waals surface area (Å²) in [7, 11) is 0. The molecule has 0 bridgehead atoms. The molecule has 0 spiro atoms. The molecule has 19 heavy (non-hydrogen) atoms. The summed E-state index contributed by atoms with van der Waals surface area (Å²) in [5.74, 6) is -11.7. The van der Waals surface area contributed by atoms with Gasteiger partial charge in [0.05, 0.1) is 5.56 Å². The molecule has 0 radical (unpaired) electrons. The lowest BCUT2D eigenvalue weighted by atomic mass is 10.0. The maximum Gasteiger partial charge on any atom is 0.200 e. The van der Waals surface area contributed by atoms with Crippen LogP contribution in [0.25, 0.3) is 11.1 Å². The van der Waals surface area contributed by atoms with E-state index in [4.69, 9.17) is 0 Å². The standard InChI is InChI=1S/C12H3F6I/c13-6-2-1-4(19)3-5(6)7-8(14)10(16)12(18)11(17)9(7)15/h1-3H. The Bertz CT molecular complexity index is 639. The second kappa shape index (κ2) is 5.03. The van der Waals surface area contributed by atoms with Crippen LogP contribution >= 0.6 is 22.6 Å². The minimum atomic E-state index is -2.27. The second-order valence-electron chi connectivity index (χ2n) is 3.57. The monoisotopic (exact) mass is 388 g/mol. The van der Waals surface area contributed by atoms with E-state index in [1.54, 1.807) is 22.6 Å². The summed E-state index contributed by atoms with van der Waals surface area (Å²) in [4.78, 5) is 0. The maximum absolute atomic E-state index is 13.5. The molecule has 0 aromatic heterocycles. The van der Waals surface area contributed by atoms with Gasteiger partial charge in [0.2, 0.25) is 5.82 Å². The Labute approximate surface area is 117 Å². The zero-order chi connectivity index (χ0) is 14.3. The van der Waals surface area contributed by atoms with Gasteiger partial charge in [-0.05, 0) is 40.8 Å². The summed E-state index contributed by atoms with van der Waals surface area (Å²) < 4.78 is 79.9. The van der Waals surface area contributed by atoms with Crippen molar-refractivity contribution in [1.82, 2.24) is 0 Å². The predicted molar refractivity (Wildman–Crippen MR) is 64.3 cm³/mol. The Hall–Kier alpha value is -1.25. The largest absolute Gasteiger partial charge is 0.206 e. The molecular formula is C12H3F6I. The topological polar surface area (TPSA) is 0 Å². The molecule has 0 saturated carbocycles. The molecule has 0 nitrogen and oxygen atoms in total. The van der Waals surface area contributed by atoms with Crippen LogP contribution in [0.3, 0.4) is 0 Å². The molecule has 0 unspecified atom stereocenters. The number of hydrogen-bond donors (Lipinski definition) is 0. The van der Waals surface area contributed by atoms with E-state index in [9.17, 15) is 26.3 Å². The van der Waals surface area contributed by atoms with E-state index in [2.05, 4.69) is 0 Å². The molecule has 0 aliphatic carbocycles. The lowest BCUT2D eigenvalue weighted by molar-refractivity contribution is 0.381. The second-order valence-corrected chi connectivity index (χ2v) is 4.81. The Morgan fingerprint density at radius 2 is 1.16 bits per heavy atom. The van der Waals surface area contributed by atoms with Gasteiger partial charge < -0.3 is 0 Å². The van der Waals surface area contributed by atoms with Crippen LogP contribution in [-0.4, -0.2) is 0 Å². The van der Waals surface area contributed by atoms with Crippen molar-refractivity contribution >= 4 is 22.6 Å². The van der Waals surface area contributed by atoms with Crippen molar-refractivity contribution in [3.63, 3.8) is 0 Å². The van der Waals surface area contributed by atoms with Crippen molar-refractivity contribution in [3.05, 3.63) is 56.7 Å². The van der Waals surface area contributed by atoms with E-state index in [1.807, 2.05) is 0 Å². The van der Waals surface area contributed by atoms with Crippen molar-refractivity contribution in [2.24, 2.45) is 0 Å². The summed E-state index contributed by atoms with van der Waals surface area (Å²) in [6.45, 7) is 0. The average Bonchev–Trinajstić information content (AvgIpc) is 2.38. The Kier molecular flexibility index (Phi) is 3.75. The summed E-state index contributed by atoms with van der Waals surface area (Å²) in [6, 6.07) is 3.18. The van der Waals surface area contributed by atoms with Gasteiger partial charge in [0.1, 0.15) is 5.82 Å². The highest BCUT2D eigenvalue weighted by Crippen LogP contribution is 2.33. The van der Waals surface area contributed by atoms with Crippen LogP contribution in [0.2, 0.25) is 0 Å². The molecule has 100 valence electrons. The molecular weight excluding hydrogens is 385 g/mol. The molecule has 0 fully saturated rings. The van der Waals surface area contributed by atoms with Gasteiger partial charge in [0.25, 0.3) is 0 Å². The number of benzene rings is 2. The molecule has 0 saturated heterocycles. The molecule has 2 rings (SSSR count). The van der Waals surface area contributed by atoms with Gasteiger partial charge in [0.15, 0.2) is 23.3 Å². The van der Waals surface area contributed by atoms with Crippen molar-refractivity contribution < 1.29 is 26.3 Å². The quantitative estimate of drug-likeness (QED) is 0.285. The molecule has 0 atom stereocenters. The van der Waals surface area contributed by atoms with Crippen LogP contribution in [0.5, 0.6) is 0 Å². The van der Waals surface area contributed by atoms with Gasteiger partial charge in [-0.2, -0.15) is 0 Å². The lowest BCUT2D eigenvalue weighted by Gasteiger charge is -2.09. The van der Waals surface area contributed by atoms with Crippen LogP contribution in [0.15, 0.2) is 18.2 Å². The number of rotatable bonds is 1. The first kappa shape index (κ1) is 14.2. The highest BCUT2D eigenvalue weighted by atomic mass is 127. The van der Waals surface area contributed by atoms with Crippen LogP contribution < -0.4 is 0 Å². The highest BCUT2D eigenvalue weighted by Gasteiger charge is 2.27. The Morgan fingerprint density at radius 1 is 0.684 bits per heavy atom. The highest BCUT2D eigenvalue weighted by molar-refractivity contribution is 14.1. The van der Waals surface area contributed by atoms with E-state index in [-0.39, 0.29) is 0 Å². The first-order valence-corrected chi connectivity index (χ1v) is 5.89. The molecule has 0 aliphatic rings. The Morgan fingerprint density at radius 3 is 1.68 bits per heavy atom. The van der Waals surface area contributed by atoms with E-state index < -0.39 is 46.0 Å². The maximum atomic E-state index is 13.5. The molecule has 0 N–H and O–H groups in total.